The number of carbonyl (C=O) groups is 1. The Morgan fingerprint density at radius 2 is 2.25 bits per heavy atom. The molecule has 0 aliphatic heterocycles. The zero-order valence-electron chi connectivity index (χ0n) is 15.2. The van der Waals surface area contributed by atoms with Gasteiger partial charge >= 0.3 is 5.97 Å². The van der Waals surface area contributed by atoms with E-state index in [1.807, 2.05) is 0 Å². The van der Waals surface area contributed by atoms with Crippen LogP contribution < -0.4 is 0 Å². The first-order valence-corrected chi connectivity index (χ1v) is 9.98. The average molecular weight is 399 g/mol. The second-order valence-electron chi connectivity index (χ2n) is 7.95. The van der Waals surface area contributed by atoms with E-state index < -0.39 is 12.1 Å². The Morgan fingerprint density at radius 1 is 1.54 bits per heavy atom. The van der Waals surface area contributed by atoms with Crippen molar-refractivity contribution >= 4 is 21.9 Å². The minimum absolute atomic E-state index is 0.302. The summed E-state index contributed by atoms with van der Waals surface area (Å²) in [7, 11) is 1.35. The van der Waals surface area contributed by atoms with E-state index >= 15 is 0 Å². The highest BCUT2D eigenvalue weighted by atomic mass is 79.9. The summed E-state index contributed by atoms with van der Waals surface area (Å²) in [5.74, 6) is 1.33. The zero-order valence-corrected chi connectivity index (χ0v) is 16.8. The third kappa shape index (κ3) is 3.96. The Bertz CT molecular complexity index is 513. The molecule has 0 heterocycles. The van der Waals surface area contributed by atoms with E-state index in [0.717, 1.165) is 6.42 Å². The van der Waals surface area contributed by atoms with Gasteiger partial charge in [0.2, 0.25) is 0 Å². The van der Waals surface area contributed by atoms with Gasteiger partial charge in [-0.05, 0) is 66.7 Å². The van der Waals surface area contributed by atoms with Gasteiger partial charge in [-0.2, -0.15) is 0 Å². The van der Waals surface area contributed by atoms with Crippen molar-refractivity contribution in [2.75, 3.05) is 7.11 Å². The molecule has 0 bridgehead atoms. The van der Waals surface area contributed by atoms with E-state index in [1.54, 1.807) is 5.57 Å². The molecular formula is C20H31BrO3. The van der Waals surface area contributed by atoms with E-state index in [9.17, 15) is 9.90 Å². The maximum absolute atomic E-state index is 11.5. The fourth-order valence-corrected chi connectivity index (χ4v) is 5.88. The van der Waals surface area contributed by atoms with Crippen molar-refractivity contribution in [1.29, 1.82) is 0 Å². The molecule has 136 valence electrons. The smallest absolute Gasteiger partial charge is 0.333 e. The van der Waals surface area contributed by atoms with Crippen molar-refractivity contribution in [1.82, 2.24) is 0 Å². The summed E-state index contributed by atoms with van der Waals surface area (Å²) < 4.78 is 4.67. The lowest BCUT2D eigenvalue weighted by Crippen LogP contribution is -2.36. The maximum atomic E-state index is 11.5. The fourth-order valence-electron chi connectivity index (χ4n) is 5.33. The van der Waals surface area contributed by atoms with Crippen LogP contribution in [0, 0.1) is 23.2 Å². The third-order valence-corrected chi connectivity index (χ3v) is 7.05. The van der Waals surface area contributed by atoms with Crippen molar-refractivity contribution in [3.63, 3.8) is 0 Å². The highest BCUT2D eigenvalue weighted by Gasteiger charge is 2.50. The van der Waals surface area contributed by atoms with Crippen molar-refractivity contribution in [2.45, 2.75) is 64.9 Å². The largest absolute Gasteiger partial charge is 0.466 e. The quantitative estimate of drug-likeness (QED) is 0.506. The molecule has 2 fully saturated rings. The number of hydrogen-bond acceptors (Lipinski definition) is 3. The van der Waals surface area contributed by atoms with Gasteiger partial charge < -0.3 is 9.84 Å². The van der Waals surface area contributed by atoms with Crippen molar-refractivity contribution < 1.29 is 14.6 Å². The number of carbonyl (C=O) groups excluding carboxylic acids is 1. The normalized spacial score (nSPS) is 33.8. The molecule has 0 aromatic carbocycles. The first kappa shape index (κ1) is 19.7. The highest BCUT2D eigenvalue weighted by molar-refractivity contribution is 9.11. The molecule has 2 saturated carbocycles. The molecule has 5 atom stereocenters. The molecule has 0 saturated heterocycles. The molecule has 2 aliphatic rings. The minimum atomic E-state index is -0.524. The number of methoxy groups -OCH3 is 1. The molecule has 0 aromatic rings. The summed E-state index contributed by atoms with van der Waals surface area (Å²) in [6, 6.07) is 0. The van der Waals surface area contributed by atoms with E-state index in [0.29, 0.717) is 35.2 Å². The average Bonchev–Trinajstić information content (AvgIpc) is 2.90. The first-order valence-electron chi connectivity index (χ1n) is 9.06. The molecule has 0 amide bonds. The summed E-state index contributed by atoms with van der Waals surface area (Å²) >= 11 is 3.56. The topological polar surface area (TPSA) is 46.5 Å². The number of allylic oxidation sites excluding steroid dienone is 1. The fraction of sp³-hybridized carbons (Fsp3) is 0.750. The Balaban J connectivity index is 1.98. The third-order valence-electron chi connectivity index (χ3n) is 6.46. The zero-order chi connectivity index (χ0) is 17.9. The molecule has 0 aromatic heterocycles. The van der Waals surface area contributed by atoms with Crippen LogP contribution in [0.2, 0.25) is 0 Å². The second-order valence-corrected chi connectivity index (χ2v) is 8.40. The van der Waals surface area contributed by atoms with E-state index in [1.165, 1.54) is 39.2 Å². The Morgan fingerprint density at radius 3 is 2.88 bits per heavy atom. The number of esters is 1. The number of halogens is 1. The lowest BCUT2D eigenvalue weighted by Gasteiger charge is -2.44. The Kier molecular flexibility index (Phi) is 6.72. The molecule has 0 spiro atoms. The standard InChI is InChI=1S/C20H31BrO3/c1-13(10-16(22)11-14(2)19(23)24-4)17-7-8-18-15(12-21)6-5-9-20(17,18)3/h12-13,16-18,22H,2,5-11H2,1,3-4H3/t13-,16-,17-,18?,20-/m1/s1. The number of aliphatic hydroxyl groups is 1. The lowest BCUT2D eigenvalue weighted by atomic mass is 9.61. The van der Waals surface area contributed by atoms with Crippen LogP contribution in [0.25, 0.3) is 0 Å². The monoisotopic (exact) mass is 398 g/mol. The van der Waals surface area contributed by atoms with Gasteiger partial charge in [-0.3, -0.25) is 0 Å². The maximum Gasteiger partial charge on any atom is 0.333 e. The summed E-state index contributed by atoms with van der Waals surface area (Å²) in [5.41, 5.74) is 2.27. The second kappa shape index (κ2) is 8.18. The minimum Gasteiger partial charge on any atom is -0.466 e. The summed E-state index contributed by atoms with van der Waals surface area (Å²) in [6.45, 7) is 8.43. The molecular weight excluding hydrogens is 368 g/mol. The van der Waals surface area contributed by atoms with Crippen LogP contribution in [-0.2, 0) is 9.53 Å². The number of hydrogen-bond donors (Lipinski definition) is 1. The van der Waals surface area contributed by atoms with Gasteiger partial charge in [0.05, 0.1) is 13.2 Å². The summed E-state index contributed by atoms with van der Waals surface area (Å²) in [6.07, 6.45) is 6.74. The molecule has 1 unspecified atom stereocenters. The van der Waals surface area contributed by atoms with Crippen LogP contribution in [0.5, 0.6) is 0 Å². The van der Waals surface area contributed by atoms with Gasteiger partial charge in [0.1, 0.15) is 0 Å². The molecule has 4 heteroatoms. The molecule has 24 heavy (non-hydrogen) atoms. The summed E-state index contributed by atoms with van der Waals surface area (Å²) in [4.78, 5) is 13.6. The Hall–Kier alpha value is -0.610. The van der Waals surface area contributed by atoms with E-state index in [4.69, 9.17) is 0 Å². The van der Waals surface area contributed by atoms with Gasteiger partial charge in [-0.1, -0.05) is 41.9 Å². The van der Waals surface area contributed by atoms with Gasteiger partial charge in [0.25, 0.3) is 0 Å². The number of fused-ring (bicyclic) bond motifs is 1. The summed E-state index contributed by atoms with van der Waals surface area (Å²) in [5, 5.41) is 10.4. The highest BCUT2D eigenvalue weighted by Crippen LogP contribution is 2.60. The van der Waals surface area contributed by atoms with Crippen LogP contribution >= 0.6 is 15.9 Å². The molecule has 2 aliphatic carbocycles. The van der Waals surface area contributed by atoms with E-state index in [-0.39, 0.29) is 0 Å². The number of ether oxygens (including phenoxy) is 1. The Labute approximate surface area is 154 Å². The van der Waals surface area contributed by atoms with Crippen molar-refractivity contribution in [2.24, 2.45) is 23.2 Å². The van der Waals surface area contributed by atoms with Gasteiger partial charge in [-0.15, -0.1) is 0 Å². The van der Waals surface area contributed by atoms with Crippen molar-refractivity contribution in [3.8, 4) is 0 Å². The molecule has 0 radical (unpaired) electrons. The van der Waals surface area contributed by atoms with Crippen LogP contribution in [0.1, 0.15) is 58.8 Å². The number of aliphatic hydroxyl groups excluding tert-OH is 1. The van der Waals surface area contributed by atoms with E-state index in [2.05, 4.69) is 46.1 Å². The van der Waals surface area contributed by atoms with Crippen LogP contribution in [-0.4, -0.2) is 24.3 Å². The van der Waals surface area contributed by atoms with Gasteiger partial charge in [0.15, 0.2) is 0 Å². The van der Waals surface area contributed by atoms with Gasteiger partial charge in [0, 0.05) is 12.0 Å². The van der Waals surface area contributed by atoms with Crippen LogP contribution in [0.15, 0.2) is 22.7 Å². The molecule has 1 N–H and O–H groups in total. The molecule has 3 nitrogen and oxygen atoms in total. The first-order chi connectivity index (χ1) is 11.3. The van der Waals surface area contributed by atoms with Gasteiger partial charge in [-0.25, -0.2) is 4.79 Å². The van der Waals surface area contributed by atoms with Crippen LogP contribution in [0.4, 0.5) is 0 Å². The molecule has 2 rings (SSSR count). The predicted octanol–water partition coefficient (Wildman–Crippen LogP) is 4.99. The van der Waals surface area contributed by atoms with Crippen LogP contribution in [0.3, 0.4) is 0 Å². The number of rotatable bonds is 6. The van der Waals surface area contributed by atoms with Crippen molar-refractivity contribution in [3.05, 3.63) is 22.7 Å². The lowest BCUT2D eigenvalue weighted by molar-refractivity contribution is -0.136. The SMILES string of the molecule is C=C(C[C@H](O)C[C@@H](C)[C@H]1CCC2C(=CBr)CCC[C@@]21C)C(=O)OC. The predicted molar refractivity (Wildman–Crippen MR) is 101 cm³/mol.